The fourth-order valence-corrected chi connectivity index (χ4v) is 1.79. The third kappa shape index (κ3) is 6.62. The van der Waals surface area contributed by atoms with Crippen molar-refractivity contribution < 1.29 is 14.7 Å². The predicted molar refractivity (Wildman–Crippen MR) is 72.3 cm³/mol. The average Bonchev–Trinajstić information content (AvgIpc) is 2.23. The highest BCUT2D eigenvalue weighted by Gasteiger charge is 2.26. The molecular weight excluding hydrogens is 230 g/mol. The molecular formula is C14H27NO3. The van der Waals surface area contributed by atoms with Gasteiger partial charge in [-0.1, -0.05) is 34.6 Å². The number of hydrogen-bond donors (Lipinski definition) is 2. The maximum atomic E-state index is 11.9. The highest BCUT2D eigenvalue weighted by atomic mass is 16.4. The van der Waals surface area contributed by atoms with E-state index in [2.05, 4.69) is 19.2 Å². The van der Waals surface area contributed by atoms with Crippen LogP contribution in [0.25, 0.3) is 0 Å². The minimum absolute atomic E-state index is 0.00384. The number of carbonyl (C=O) groups is 2. The number of rotatable bonds is 8. The molecule has 0 heterocycles. The van der Waals surface area contributed by atoms with Crippen molar-refractivity contribution in [3.05, 3.63) is 0 Å². The van der Waals surface area contributed by atoms with Crippen LogP contribution in [-0.2, 0) is 9.59 Å². The highest BCUT2D eigenvalue weighted by molar-refractivity contribution is 5.81. The van der Waals surface area contributed by atoms with E-state index in [1.54, 1.807) is 0 Å². The van der Waals surface area contributed by atoms with Crippen LogP contribution in [0.1, 0.15) is 53.9 Å². The van der Waals surface area contributed by atoms with Crippen LogP contribution >= 0.6 is 0 Å². The van der Waals surface area contributed by atoms with Crippen molar-refractivity contribution in [1.29, 1.82) is 0 Å². The van der Waals surface area contributed by atoms with Gasteiger partial charge in [-0.25, -0.2) is 0 Å². The smallest absolute Gasteiger partial charge is 0.303 e. The van der Waals surface area contributed by atoms with Gasteiger partial charge in [0.15, 0.2) is 0 Å². The van der Waals surface area contributed by atoms with Crippen LogP contribution in [0.4, 0.5) is 0 Å². The lowest BCUT2D eigenvalue weighted by molar-refractivity contribution is -0.138. The summed E-state index contributed by atoms with van der Waals surface area (Å²) in [5.74, 6) is -0.349. The summed E-state index contributed by atoms with van der Waals surface area (Å²) in [7, 11) is 0. The first kappa shape index (κ1) is 16.9. The van der Waals surface area contributed by atoms with Crippen LogP contribution in [-0.4, -0.2) is 23.5 Å². The Bertz CT molecular complexity index is 285. The summed E-state index contributed by atoms with van der Waals surface area (Å²) in [6, 6.07) is 0. The van der Waals surface area contributed by atoms with Gasteiger partial charge in [0.1, 0.15) is 0 Å². The Morgan fingerprint density at radius 1 is 1.28 bits per heavy atom. The number of hydrogen-bond acceptors (Lipinski definition) is 2. The quantitative estimate of drug-likeness (QED) is 0.702. The molecule has 0 saturated heterocycles. The number of carbonyl (C=O) groups excluding carboxylic acids is 1. The first-order valence-electron chi connectivity index (χ1n) is 6.69. The Labute approximate surface area is 110 Å². The van der Waals surface area contributed by atoms with Gasteiger partial charge in [-0.3, -0.25) is 9.59 Å². The van der Waals surface area contributed by atoms with E-state index in [1.165, 1.54) is 0 Å². The largest absolute Gasteiger partial charge is 0.481 e. The van der Waals surface area contributed by atoms with Crippen LogP contribution in [0.2, 0.25) is 0 Å². The highest BCUT2D eigenvalue weighted by Crippen LogP contribution is 2.20. The van der Waals surface area contributed by atoms with Crippen molar-refractivity contribution in [1.82, 2.24) is 5.32 Å². The molecule has 1 amide bonds. The summed E-state index contributed by atoms with van der Waals surface area (Å²) in [6.07, 6.45) is 1.71. The van der Waals surface area contributed by atoms with E-state index in [0.29, 0.717) is 12.5 Å². The summed E-state index contributed by atoms with van der Waals surface area (Å²) < 4.78 is 0. The molecule has 4 nitrogen and oxygen atoms in total. The molecule has 0 fully saturated rings. The third-order valence-corrected chi connectivity index (χ3v) is 3.32. The zero-order valence-corrected chi connectivity index (χ0v) is 12.2. The normalized spacial score (nSPS) is 13.4. The molecule has 18 heavy (non-hydrogen) atoms. The molecule has 0 bridgehead atoms. The first-order chi connectivity index (χ1) is 8.19. The van der Waals surface area contributed by atoms with Gasteiger partial charge in [0, 0.05) is 18.4 Å². The number of nitrogens with one attached hydrogen (secondary N) is 1. The first-order valence-corrected chi connectivity index (χ1v) is 6.69. The van der Waals surface area contributed by atoms with Crippen LogP contribution in [0.5, 0.6) is 0 Å². The van der Waals surface area contributed by atoms with Crippen molar-refractivity contribution in [2.75, 3.05) is 6.54 Å². The molecule has 106 valence electrons. The summed E-state index contributed by atoms with van der Waals surface area (Å²) in [5, 5.41) is 11.7. The van der Waals surface area contributed by atoms with Gasteiger partial charge < -0.3 is 10.4 Å². The summed E-state index contributed by atoms with van der Waals surface area (Å²) >= 11 is 0. The lowest BCUT2D eigenvalue weighted by Gasteiger charge is -2.24. The van der Waals surface area contributed by atoms with E-state index in [9.17, 15) is 9.59 Å². The van der Waals surface area contributed by atoms with Crippen molar-refractivity contribution in [3.63, 3.8) is 0 Å². The molecule has 0 aliphatic carbocycles. The zero-order valence-electron chi connectivity index (χ0n) is 12.2. The fourth-order valence-electron chi connectivity index (χ4n) is 1.79. The monoisotopic (exact) mass is 257 g/mol. The van der Waals surface area contributed by atoms with E-state index in [0.717, 1.165) is 12.8 Å². The Balaban J connectivity index is 4.34. The Morgan fingerprint density at radius 3 is 2.22 bits per heavy atom. The minimum Gasteiger partial charge on any atom is -0.481 e. The maximum Gasteiger partial charge on any atom is 0.303 e. The van der Waals surface area contributed by atoms with Crippen LogP contribution in [0.15, 0.2) is 0 Å². The zero-order chi connectivity index (χ0) is 14.3. The molecule has 0 spiro atoms. The molecule has 0 aromatic heterocycles. The molecule has 0 rings (SSSR count). The van der Waals surface area contributed by atoms with Gasteiger partial charge in [0.25, 0.3) is 0 Å². The van der Waals surface area contributed by atoms with E-state index < -0.39 is 5.97 Å². The van der Waals surface area contributed by atoms with Crippen molar-refractivity contribution in [2.24, 2.45) is 17.3 Å². The number of aliphatic carboxylic acids is 1. The van der Waals surface area contributed by atoms with E-state index in [4.69, 9.17) is 5.11 Å². The minimum atomic E-state index is -0.801. The summed E-state index contributed by atoms with van der Waals surface area (Å²) in [5.41, 5.74) is -0.383. The van der Waals surface area contributed by atoms with Gasteiger partial charge in [0.2, 0.25) is 5.91 Å². The SMILES string of the molecule is CCC(C)(C)C(=O)NC[C@H](CC(=O)O)CC(C)C. The third-order valence-electron chi connectivity index (χ3n) is 3.32. The van der Waals surface area contributed by atoms with Gasteiger partial charge in [-0.2, -0.15) is 0 Å². The van der Waals surface area contributed by atoms with Crippen molar-refractivity contribution in [2.45, 2.75) is 53.9 Å². The number of amides is 1. The van der Waals surface area contributed by atoms with E-state index >= 15 is 0 Å². The van der Waals surface area contributed by atoms with E-state index in [-0.39, 0.29) is 23.7 Å². The molecule has 0 radical (unpaired) electrons. The van der Waals surface area contributed by atoms with Gasteiger partial charge in [-0.15, -0.1) is 0 Å². The topological polar surface area (TPSA) is 66.4 Å². The summed E-state index contributed by atoms with van der Waals surface area (Å²) in [4.78, 5) is 22.7. The van der Waals surface area contributed by atoms with Crippen LogP contribution in [0.3, 0.4) is 0 Å². The molecule has 0 unspecified atom stereocenters. The summed E-state index contributed by atoms with van der Waals surface area (Å²) in [6.45, 7) is 10.3. The molecule has 2 N–H and O–H groups in total. The molecule has 0 aliphatic heterocycles. The van der Waals surface area contributed by atoms with E-state index in [1.807, 2.05) is 20.8 Å². The second-order valence-corrected chi connectivity index (χ2v) is 6.04. The van der Waals surface area contributed by atoms with Crippen LogP contribution in [0, 0.1) is 17.3 Å². The fraction of sp³-hybridized carbons (Fsp3) is 0.857. The van der Waals surface area contributed by atoms with Gasteiger partial charge >= 0.3 is 5.97 Å². The Morgan fingerprint density at radius 2 is 1.83 bits per heavy atom. The second-order valence-electron chi connectivity index (χ2n) is 6.04. The standard InChI is InChI=1S/C14H27NO3/c1-6-14(4,5)13(18)15-9-11(7-10(2)3)8-12(16)17/h10-11H,6-9H2,1-5H3,(H,15,18)(H,16,17)/t11-/m0/s1. The van der Waals surface area contributed by atoms with Crippen molar-refractivity contribution in [3.8, 4) is 0 Å². The van der Waals surface area contributed by atoms with Crippen molar-refractivity contribution >= 4 is 11.9 Å². The number of carboxylic acid groups (broad SMARTS) is 1. The molecule has 0 saturated carbocycles. The lowest BCUT2D eigenvalue weighted by Crippen LogP contribution is -2.39. The van der Waals surface area contributed by atoms with Gasteiger partial charge in [0.05, 0.1) is 0 Å². The molecule has 0 aromatic rings. The molecule has 0 aromatic carbocycles. The maximum absolute atomic E-state index is 11.9. The van der Waals surface area contributed by atoms with Gasteiger partial charge in [-0.05, 0) is 24.7 Å². The average molecular weight is 257 g/mol. The lowest BCUT2D eigenvalue weighted by atomic mass is 9.88. The molecule has 1 atom stereocenters. The second kappa shape index (κ2) is 7.39. The molecule has 0 aliphatic rings. The number of carboxylic acids is 1. The molecule has 4 heteroatoms. The Hall–Kier alpha value is -1.06. The Kier molecular flexibility index (Phi) is 6.96. The van der Waals surface area contributed by atoms with Crippen LogP contribution < -0.4 is 5.32 Å². The predicted octanol–water partition coefficient (Wildman–Crippen LogP) is 2.68.